The van der Waals surface area contributed by atoms with Crippen molar-refractivity contribution in [2.24, 2.45) is 0 Å². The van der Waals surface area contributed by atoms with Crippen molar-refractivity contribution in [3.8, 4) is 0 Å². The van der Waals surface area contributed by atoms with Gasteiger partial charge >= 0.3 is 0 Å². The maximum atomic E-state index is 5.96. The summed E-state index contributed by atoms with van der Waals surface area (Å²) < 4.78 is 5.96. The van der Waals surface area contributed by atoms with Gasteiger partial charge in [-0.05, 0) is 43.8 Å². The topological polar surface area (TPSA) is 28.4 Å². The summed E-state index contributed by atoms with van der Waals surface area (Å²) in [4.78, 5) is 4.00. The van der Waals surface area contributed by atoms with Gasteiger partial charge in [0.25, 0.3) is 0 Å². The number of rotatable bonds is 8. The Balaban J connectivity index is 1.65. The molecule has 0 spiro atoms. The van der Waals surface area contributed by atoms with Crippen LogP contribution in [0.5, 0.6) is 0 Å². The second kappa shape index (κ2) is 6.77. The number of nitrogens with zero attached hydrogens (tertiary/aromatic N) is 1. The molecule has 4 heteroatoms. The Morgan fingerprint density at radius 1 is 1.38 bits per heavy atom. The minimum Gasteiger partial charge on any atom is -0.465 e. The van der Waals surface area contributed by atoms with Crippen molar-refractivity contribution in [1.29, 1.82) is 0 Å². The van der Waals surface area contributed by atoms with Gasteiger partial charge in [0, 0.05) is 29.6 Å². The smallest absolute Gasteiger partial charge is 0.118 e. The van der Waals surface area contributed by atoms with E-state index in [4.69, 9.17) is 4.42 Å². The number of furan rings is 1. The number of hydrogen-bond donors (Lipinski definition) is 1. The molecule has 1 saturated carbocycles. The molecule has 3 nitrogen and oxygen atoms in total. The lowest BCUT2D eigenvalue weighted by atomic mass is 10.2. The summed E-state index contributed by atoms with van der Waals surface area (Å²) in [7, 11) is 0. The van der Waals surface area contributed by atoms with Gasteiger partial charge < -0.3 is 9.73 Å². The van der Waals surface area contributed by atoms with E-state index in [9.17, 15) is 0 Å². The summed E-state index contributed by atoms with van der Waals surface area (Å²) in [5, 5.41) is 5.53. The Hall–Kier alpha value is -1.10. The summed E-state index contributed by atoms with van der Waals surface area (Å²) in [6.45, 7) is 8.07. The van der Waals surface area contributed by atoms with Crippen LogP contribution in [0.2, 0.25) is 0 Å². The van der Waals surface area contributed by atoms with E-state index in [-0.39, 0.29) is 0 Å². The fourth-order valence-electron chi connectivity index (χ4n) is 2.66. The molecule has 0 atom stereocenters. The normalized spacial score (nSPS) is 15.0. The molecule has 0 amide bonds. The van der Waals surface area contributed by atoms with E-state index in [1.165, 1.54) is 23.3 Å². The van der Waals surface area contributed by atoms with Crippen LogP contribution in [0.1, 0.15) is 41.7 Å². The van der Waals surface area contributed by atoms with E-state index in [1.807, 2.05) is 11.3 Å². The van der Waals surface area contributed by atoms with Crippen molar-refractivity contribution < 1.29 is 4.42 Å². The molecule has 0 aromatic carbocycles. The Morgan fingerprint density at radius 3 is 2.90 bits per heavy atom. The van der Waals surface area contributed by atoms with Crippen LogP contribution in [0.25, 0.3) is 0 Å². The van der Waals surface area contributed by atoms with Crippen molar-refractivity contribution in [2.45, 2.75) is 52.4 Å². The molecule has 0 saturated heterocycles. The van der Waals surface area contributed by atoms with Crippen LogP contribution in [0.4, 0.5) is 0 Å². The third-order valence-corrected chi connectivity index (χ3v) is 4.86. The Morgan fingerprint density at radius 2 is 2.24 bits per heavy atom. The monoisotopic (exact) mass is 304 g/mol. The van der Waals surface area contributed by atoms with Gasteiger partial charge in [0.2, 0.25) is 0 Å². The molecular weight excluding hydrogens is 280 g/mol. The summed E-state index contributed by atoms with van der Waals surface area (Å²) in [5.74, 6) is 2.15. The van der Waals surface area contributed by atoms with Crippen molar-refractivity contribution in [3.63, 3.8) is 0 Å². The largest absolute Gasteiger partial charge is 0.465 e. The summed E-state index contributed by atoms with van der Waals surface area (Å²) in [6, 6.07) is 7.33. The molecule has 2 aromatic heterocycles. The van der Waals surface area contributed by atoms with Crippen LogP contribution in [0.3, 0.4) is 0 Å². The van der Waals surface area contributed by atoms with Gasteiger partial charge in [-0.3, -0.25) is 4.90 Å². The number of hydrogen-bond acceptors (Lipinski definition) is 4. The Kier molecular flexibility index (Phi) is 4.78. The highest BCUT2D eigenvalue weighted by molar-refractivity contribution is 7.09. The maximum absolute atomic E-state index is 5.96. The Bertz CT molecular complexity index is 557. The zero-order chi connectivity index (χ0) is 14.7. The maximum Gasteiger partial charge on any atom is 0.118 e. The minimum absolute atomic E-state index is 0.745. The summed E-state index contributed by atoms with van der Waals surface area (Å²) >= 11 is 1.84. The molecule has 21 heavy (non-hydrogen) atoms. The first-order valence-corrected chi connectivity index (χ1v) is 8.69. The molecule has 2 aromatic rings. The molecule has 0 aliphatic heterocycles. The first kappa shape index (κ1) is 14.8. The van der Waals surface area contributed by atoms with Gasteiger partial charge in [-0.25, -0.2) is 0 Å². The van der Waals surface area contributed by atoms with Crippen LogP contribution < -0.4 is 5.32 Å². The second-order valence-corrected chi connectivity index (χ2v) is 6.82. The molecule has 1 fully saturated rings. The molecule has 114 valence electrons. The van der Waals surface area contributed by atoms with E-state index in [0.29, 0.717) is 0 Å². The Labute approximate surface area is 131 Å². The molecular formula is C17H24N2OS. The quantitative estimate of drug-likeness (QED) is 0.801. The fraction of sp³-hybridized carbons (Fsp3) is 0.529. The minimum atomic E-state index is 0.745. The predicted molar refractivity (Wildman–Crippen MR) is 87.4 cm³/mol. The predicted octanol–water partition coefficient (Wildman–Crippen LogP) is 3.92. The average Bonchev–Trinajstić information content (AvgIpc) is 3.09. The molecule has 1 aliphatic rings. The first-order valence-electron chi connectivity index (χ1n) is 7.81. The van der Waals surface area contributed by atoms with E-state index < -0.39 is 0 Å². The molecule has 2 heterocycles. The van der Waals surface area contributed by atoms with Crippen molar-refractivity contribution in [1.82, 2.24) is 10.2 Å². The lowest BCUT2D eigenvalue weighted by Gasteiger charge is -2.19. The second-order valence-electron chi connectivity index (χ2n) is 5.79. The number of thiophene rings is 1. The van der Waals surface area contributed by atoms with E-state index in [2.05, 4.69) is 47.6 Å². The van der Waals surface area contributed by atoms with Gasteiger partial charge in [0.05, 0.1) is 6.54 Å². The highest BCUT2D eigenvalue weighted by Crippen LogP contribution is 2.31. The van der Waals surface area contributed by atoms with E-state index in [0.717, 1.165) is 43.7 Å². The van der Waals surface area contributed by atoms with Crippen LogP contribution in [-0.2, 0) is 19.6 Å². The number of nitrogens with one attached hydrogen (secondary N) is 1. The van der Waals surface area contributed by atoms with Gasteiger partial charge in [-0.15, -0.1) is 11.3 Å². The van der Waals surface area contributed by atoms with Gasteiger partial charge in [0.1, 0.15) is 11.5 Å². The summed E-state index contributed by atoms with van der Waals surface area (Å²) in [6.07, 6.45) is 2.66. The number of aryl methyl sites for hydroxylation is 1. The SMILES string of the molecule is CCNCc1cc(CN(Cc2cccs2)C2CC2)oc1C. The van der Waals surface area contributed by atoms with E-state index >= 15 is 0 Å². The van der Waals surface area contributed by atoms with E-state index in [1.54, 1.807) is 0 Å². The van der Waals surface area contributed by atoms with Crippen LogP contribution >= 0.6 is 11.3 Å². The molecule has 3 rings (SSSR count). The van der Waals surface area contributed by atoms with Crippen LogP contribution in [0.15, 0.2) is 28.0 Å². The summed E-state index contributed by atoms with van der Waals surface area (Å²) in [5.41, 5.74) is 1.29. The lowest BCUT2D eigenvalue weighted by Crippen LogP contribution is -2.24. The van der Waals surface area contributed by atoms with Crippen molar-refractivity contribution in [3.05, 3.63) is 45.5 Å². The molecule has 0 bridgehead atoms. The molecule has 1 aliphatic carbocycles. The van der Waals surface area contributed by atoms with Crippen molar-refractivity contribution in [2.75, 3.05) is 6.54 Å². The third kappa shape index (κ3) is 3.96. The van der Waals surface area contributed by atoms with Crippen LogP contribution in [0, 0.1) is 6.92 Å². The van der Waals surface area contributed by atoms with Crippen molar-refractivity contribution >= 4 is 11.3 Å². The standard InChI is InChI=1S/C17H24N2OS/c1-3-18-10-14-9-16(20-13(14)2)11-19(15-6-7-15)12-17-5-4-8-21-17/h4-5,8-9,15,18H,3,6-7,10-12H2,1-2H3. The zero-order valence-electron chi connectivity index (χ0n) is 12.9. The molecule has 0 unspecified atom stereocenters. The molecule has 0 radical (unpaired) electrons. The van der Waals surface area contributed by atoms with Crippen LogP contribution in [-0.4, -0.2) is 17.5 Å². The van der Waals surface area contributed by atoms with Gasteiger partial charge in [-0.2, -0.15) is 0 Å². The highest BCUT2D eigenvalue weighted by Gasteiger charge is 2.30. The average molecular weight is 304 g/mol. The third-order valence-electron chi connectivity index (χ3n) is 4.00. The lowest BCUT2D eigenvalue weighted by molar-refractivity contribution is 0.226. The zero-order valence-corrected chi connectivity index (χ0v) is 13.7. The molecule has 1 N–H and O–H groups in total. The van der Waals surface area contributed by atoms with Gasteiger partial charge in [0.15, 0.2) is 0 Å². The van der Waals surface area contributed by atoms with Gasteiger partial charge in [-0.1, -0.05) is 13.0 Å². The first-order chi connectivity index (χ1) is 10.3. The highest BCUT2D eigenvalue weighted by atomic mass is 32.1. The fourth-order valence-corrected chi connectivity index (χ4v) is 3.39.